The first kappa shape index (κ1) is 12.4. The van der Waals surface area contributed by atoms with Gasteiger partial charge in [0, 0.05) is 9.50 Å². The smallest absolute Gasteiger partial charge is 0.266 e. The van der Waals surface area contributed by atoms with Crippen LogP contribution in [0.2, 0.25) is 5.02 Å². The minimum absolute atomic E-state index is 0.324. The van der Waals surface area contributed by atoms with Gasteiger partial charge >= 0.3 is 0 Å². The molecule has 3 rings (SSSR count). The number of amides is 2. The molecule has 3 nitrogen and oxygen atoms in total. The van der Waals surface area contributed by atoms with Gasteiger partial charge in [-0.2, -0.15) is 0 Å². The zero-order valence-corrected chi connectivity index (χ0v) is 11.9. The van der Waals surface area contributed by atoms with Crippen molar-refractivity contribution in [2.45, 2.75) is 0 Å². The van der Waals surface area contributed by atoms with Crippen LogP contribution in [0.15, 0.2) is 46.9 Å². The van der Waals surface area contributed by atoms with Crippen LogP contribution >= 0.6 is 27.5 Å². The van der Waals surface area contributed by atoms with Crippen molar-refractivity contribution >= 4 is 45.0 Å². The van der Waals surface area contributed by atoms with Crippen LogP contribution in [0.25, 0.3) is 0 Å². The third-order valence-electron chi connectivity index (χ3n) is 2.90. The van der Waals surface area contributed by atoms with Gasteiger partial charge in [-0.25, -0.2) is 4.90 Å². The van der Waals surface area contributed by atoms with Gasteiger partial charge in [0.05, 0.1) is 16.8 Å². The van der Waals surface area contributed by atoms with E-state index >= 15 is 0 Å². The molecule has 5 heteroatoms. The number of imide groups is 1. The van der Waals surface area contributed by atoms with E-state index in [1.165, 1.54) is 0 Å². The normalized spacial score (nSPS) is 13.9. The summed E-state index contributed by atoms with van der Waals surface area (Å²) in [4.78, 5) is 25.7. The minimum Gasteiger partial charge on any atom is -0.268 e. The molecule has 0 aliphatic carbocycles. The predicted molar refractivity (Wildman–Crippen MR) is 76.7 cm³/mol. The first-order valence-corrected chi connectivity index (χ1v) is 6.69. The molecule has 1 aliphatic heterocycles. The number of rotatable bonds is 1. The van der Waals surface area contributed by atoms with Gasteiger partial charge in [-0.1, -0.05) is 39.7 Å². The highest BCUT2D eigenvalue weighted by molar-refractivity contribution is 9.10. The van der Waals surface area contributed by atoms with E-state index in [9.17, 15) is 9.59 Å². The summed E-state index contributed by atoms with van der Waals surface area (Å²) in [6.45, 7) is 0. The van der Waals surface area contributed by atoms with Gasteiger partial charge in [-0.15, -0.1) is 0 Å². The summed E-state index contributed by atoms with van der Waals surface area (Å²) in [6, 6.07) is 11.7. The lowest BCUT2D eigenvalue weighted by Gasteiger charge is -2.14. The van der Waals surface area contributed by atoms with E-state index in [0.717, 1.165) is 4.90 Å². The molecule has 1 aliphatic rings. The van der Waals surface area contributed by atoms with Gasteiger partial charge in [-0.05, 0) is 30.3 Å². The number of fused-ring (bicyclic) bond motifs is 1. The number of hydrogen-bond acceptors (Lipinski definition) is 2. The Morgan fingerprint density at radius 1 is 0.947 bits per heavy atom. The molecule has 2 aromatic rings. The third-order valence-corrected chi connectivity index (χ3v) is 3.58. The predicted octanol–water partition coefficient (Wildman–Crippen LogP) is 3.90. The standard InChI is InChI=1S/C14H7BrClNO2/c15-8-5-9(16)7-10(6-8)17-13(18)11-3-1-2-4-12(11)14(17)19/h1-7H. The Morgan fingerprint density at radius 2 is 1.53 bits per heavy atom. The maximum atomic E-state index is 12.3. The van der Waals surface area contributed by atoms with Crippen molar-refractivity contribution in [2.75, 3.05) is 4.90 Å². The van der Waals surface area contributed by atoms with Gasteiger partial charge in [0.25, 0.3) is 11.8 Å². The molecule has 0 N–H and O–H groups in total. The van der Waals surface area contributed by atoms with E-state index in [1.54, 1.807) is 42.5 Å². The number of halogens is 2. The van der Waals surface area contributed by atoms with Crippen molar-refractivity contribution in [3.8, 4) is 0 Å². The quantitative estimate of drug-likeness (QED) is 0.741. The molecule has 0 atom stereocenters. The summed E-state index contributed by atoms with van der Waals surface area (Å²) >= 11 is 9.26. The number of carbonyl (C=O) groups is 2. The molecule has 94 valence electrons. The van der Waals surface area contributed by atoms with Gasteiger partial charge in [0.1, 0.15) is 0 Å². The number of anilines is 1. The van der Waals surface area contributed by atoms with Crippen LogP contribution in [0.1, 0.15) is 20.7 Å². The lowest BCUT2D eigenvalue weighted by Crippen LogP contribution is -2.29. The van der Waals surface area contributed by atoms with Crippen molar-refractivity contribution in [1.82, 2.24) is 0 Å². The van der Waals surface area contributed by atoms with Crippen LogP contribution in [0.5, 0.6) is 0 Å². The first-order valence-electron chi connectivity index (χ1n) is 5.52. The molecule has 2 aromatic carbocycles. The highest BCUT2D eigenvalue weighted by Crippen LogP contribution is 2.32. The summed E-state index contributed by atoms with van der Waals surface area (Å²) in [5.74, 6) is -0.649. The average molecular weight is 337 g/mol. The fourth-order valence-electron chi connectivity index (χ4n) is 2.09. The molecule has 0 saturated heterocycles. The van der Waals surface area contributed by atoms with E-state index in [-0.39, 0.29) is 11.8 Å². The second-order valence-electron chi connectivity index (χ2n) is 4.12. The Labute approximate surface area is 122 Å². The Morgan fingerprint density at radius 3 is 2.05 bits per heavy atom. The molecule has 1 heterocycles. The fraction of sp³-hybridized carbons (Fsp3) is 0. The second-order valence-corrected chi connectivity index (χ2v) is 5.47. The lowest BCUT2D eigenvalue weighted by molar-refractivity contribution is 0.0926. The molecular weight excluding hydrogens is 330 g/mol. The molecule has 19 heavy (non-hydrogen) atoms. The highest BCUT2D eigenvalue weighted by atomic mass is 79.9. The monoisotopic (exact) mass is 335 g/mol. The van der Waals surface area contributed by atoms with Crippen LogP contribution in [-0.4, -0.2) is 11.8 Å². The molecule has 0 spiro atoms. The summed E-state index contributed by atoms with van der Waals surface area (Å²) in [5.41, 5.74) is 1.30. The molecule has 0 aromatic heterocycles. The number of hydrogen-bond donors (Lipinski definition) is 0. The van der Waals surface area contributed by atoms with Crippen molar-refractivity contribution in [1.29, 1.82) is 0 Å². The fourth-order valence-corrected chi connectivity index (χ4v) is 2.93. The van der Waals surface area contributed by atoms with E-state index < -0.39 is 0 Å². The maximum Gasteiger partial charge on any atom is 0.266 e. The third kappa shape index (κ3) is 1.97. The zero-order valence-electron chi connectivity index (χ0n) is 9.56. The molecular formula is C14H7BrClNO2. The number of nitrogens with zero attached hydrogens (tertiary/aromatic N) is 1. The maximum absolute atomic E-state index is 12.3. The van der Waals surface area contributed by atoms with E-state index in [4.69, 9.17) is 11.6 Å². The minimum atomic E-state index is -0.324. The van der Waals surface area contributed by atoms with E-state index in [2.05, 4.69) is 15.9 Å². The van der Waals surface area contributed by atoms with Crippen LogP contribution < -0.4 is 4.90 Å². The van der Waals surface area contributed by atoms with Crippen LogP contribution in [0, 0.1) is 0 Å². The highest BCUT2D eigenvalue weighted by Gasteiger charge is 2.36. The van der Waals surface area contributed by atoms with E-state index in [0.29, 0.717) is 26.3 Å². The van der Waals surface area contributed by atoms with Crippen molar-refractivity contribution in [3.05, 3.63) is 63.1 Å². The largest absolute Gasteiger partial charge is 0.268 e. The van der Waals surface area contributed by atoms with Gasteiger partial charge in [0.15, 0.2) is 0 Å². The van der Waals surface area contributed by atoms with Gasteiger partial charge < -0.3 is 0 Å². The topological polar surface area (TPSA) is 37.4 Å². The summed E-state index contributed by atoms with van der Waals surface area (Å²) < 4.78 is 0.714. The molecule has 0 fully saturated rings. The van der Waals surface area contributed by atoms with Crippen molar-refractivity contribution in [2.24, 2.45) is 0 Å². The average Bonchev–Trinajstić information content (AvgIpc) is 2.61. The summed E-state index contributed by atoms with van der Waals surface area (Å²) in [6.07, 6.45) is 0. The van der Waals surface area contributed by atoms with Crippen LogP contribution in [0.3, 0.4) is 0 Å². The lowest BCUT2D eigenvalue weighted by atomic mass is 10.1. The van der Waals surface area contributed by atoms with Crippen LogP contribution in [-0.2, 0) is 0 Å². The van der Waals surface area contributed by atoms with Crippen molar-refractivity contribution in [3.63, 3.8) is 0 Å². The Kier molecular flexibility index (Phi) is 2.92. The number of carbonyl (C=O) groups excluding carboxylic acids is 2. The van der Waals surface area contributed by atoms with Gasteiger partial charge in [-0.3, -0.25) is 9.59 Å². The first-order chi connectivity index (χ1) is 9.08. The van der Waals surface area contributed by atoms with Gasteiger partial charge in [0.2, 0.25) is 0 Å². The van der Waals surface area contributed by atoms with E-state index in [1.807, 2.05) is 0 Å². The number of benzene rings is 2. The molecule has 0 saturated carbocycles. The Balaban J connectivity index is 2.14. The zero-order chi connectivity index (χ0) is 13.6. The molecule has 0 unspecified atom stereocenters. The summed E-state index contributed by atoms with van der Waals surface area (Å²) in [5, 5.41) is 0.459. The Hall–Kier alpha value is -1.65. The second kappa shape index (κ2) is 4.47. The van der Waals surface area contributed by atoms with Crippen LogP contribution in [0.4, 0.5) is 5.69 Å². The molecule has 0 radical (unpaired) electrons. The Bertz CT molecular complexity index is 659. The SMILES string of the molecule is O=C1c2ccccc2C(=O)N1c1cc(Cl)cc(Br)c1. The molecule has 2 amide bonds. The molecule has 0 bridgehead atoms. The van der Waals surface area contributed by atoms with Crippen molar-refractivity contribution < 1.29 is 9.59 Å². The summed E-state index contributed by atoms with van der Waals surface area (Å²) in [7, 11) is 0.